The van der Waals surface area contributed by atoms with Crippen LogP contribution in [0.2, 0.25) is 0 Å². The van der Waals surface area contributed by atoms with E-state index in [1.54, 1.807) is 6.07 Å². The molecule has 0 unspecified atom stereocenters. The summed E-state index contributed by atoms with van der Waals surface area (Å²) in [6.07, 6.45) is 6.12. The number of hydrogen-bond acceptors (Lipinski definition) is 3. The standard InChI is InChI=1S/C20H27N3O2/c1-3-14(4-2)20(25)23(15-9-5-6-10-15)13-18-21-17-12-8-7-11-16(17)19(24)22-18/h7-8,11-12,14-15H,3-6,9-10,13H2,1-2H3,(H,21,22,24). The molecule has 1 aliphatic carbocycles. The van der Waals surface area contributed by atoms with Gasteiger partial charge in [0.2, 0.25) is 5.91 Å². The number of hydrogen-bond donors (Lipinski definition) is 1. The second kappa shape index (κ2) is 7.81. The van der Waals surface area contributed by atoms with E-state index in [2.05, 4.69) is 23.8 Å². The number of nitrogens with zero attached hydrogens (tertiary/aromatic N) is 2. The minimum absolute atomic E-state index is 0.0489. The lowest BCUT2D eigenvalue weighted by Crippen LogP contribution is -2.42. The summed E-state index contributed by atoms with van der Waals surface area (Å²) in [5.74, 6) is 0.829. The molecule has 0 spiro atoms. The van der Waals surface area contributed by atoms with E-state index in [4.69, 9.17) is 0 Å². The zero-order valence-electron chi connectivity index (χ0n) is 15.1. The maximum absolute atomic E-state index is 13.1. The molecule has 1 amide bonds. The van der Waals surface area contributed by atoms with Gasteiger partial charge in [0.1, 0.15) is 5.82 Å². The average molecular weight is 341 g/mol. The van der Waals surface area contributed by atoms with Crippen LogP contribution in [0, 0.1) is 5.92 Å². The molecule has 1 saturated carbocycles. The molecule has 134 valence electrons. The smallest absolute Gasteiger partial charge is 0.258 e. The van der Waals surface area contributed by atoms with Gasteiger partial charge in [0.25, 0.3) is 5.56 Å². The normalized spacial score (nSPS) is 15.2. The van der Waals surface area contributed by atoms with Gasteiger partial charge in [0.05, 0.1) is 17.4 Å². The van der Waals surface area contributed by atoms with Crippen molar-refractivity contribution in [3.63, 3.8) is 0 Å². The van der Waals surface area contributed by atoms with Gasteiger partial charge >= 0.3 is 0 Å². The number of aromatic nitrogens is 2. The van der Waals surface area contributed by atoms with Crippen molar-refractivity contribution in [3.05, 3.63) is 40.4 Å². The lowest BCUT2D eigenvalue weighted by molar-refractivity contribution is -0.139. The number of nitrogens with one attached hydrogen (secondary N) is 1. The van der Waals surface area contributed by atoms with Crippen molar-refractivity contribution < 1.29 is 4.79 Å². The van der Waals surface area contributed by atoms with Crippen molar-refractivity contribution in [2.24, 2.45) is 5.92 Å². The Labute approximate surface area is 148 Å². The first kappa shape index (κ1) is 17.6. The Balaban J connectivity index is 1.92. The van der Waals surface area contributed by atoms with Gasteiger partial charge in [-0.15, -0.1) is 0 Å². The molecular weight excluding hydrogens is 314 g/mol. The van der Waals surface area contributed by atoms with Gasteiger partial charge < -0.3 is 9.88 Å². The number of benzene rings is 1. The van der Waals surface area contributed by atoms with E-state index >= 15 is 0 Å². The molecule has 2 aromatic rings. The summed E-state index contributed by atoms with van der Waals surface area (Å²) in [7, 11) is 0. The van der Waals surface area contributed by atoms with Gasteiger partial charge in [-0.05, 0) is 37.8 Å². The molecule has 1 heterocycles. The predicted octanol–water partition coefficient (Wildman–Crippen LogP) is 3.63. The highest BCUT2D eigenvalue weighted by molar-refractivity contribution is 5.79. The Bertz CT molecular complexity index is 789. The number of carbonyl (C=O) groups excluding carboxylic acids is 1. The molecule has 1 fully saturated rings. The Morgan fingerprint density at radius 1 is 1.24 bits per heavy atom. The average Bonchev–Trinajstić information content (AvgIpc) is 3.15. The molecule has 0 saturated heterocycles. The van der Waals surface area contributed by atoms with Crippen LogP contribution in [0.25, 0.3) is 10.9 Å². The van der Waals surface area contributed by atoms with Gasteiger partial charge in [-0.3, -0.25) is 9.59 Å². The third-order valence-electron chi connectivity index (χ3n) is 5.37. The minimum atomic E-state index is -0.137. The summed E-state index contributed by atoms with van der Waals surface area (Å²) < 4.78 is 0. The molecule has 5 nitrogen and oxygen atoms in total. The molecular formula is C20H27N3O2. The van der Waals surface area contributed by atoms with Crippen molar-refractivity contribution in [1.29, 1.82) is 0 Å². The summed E-state index contributed by atoms with van der Waals surface area (Å²) in [6.45, 7) is 4.52. The Morgan fingerprint density at radius 2 is 1.92 bits per heavy atom. The molecule has 0 aliphatic heterocycles. The van der Waals surface area contributed by atoms with Crippen molar-refractivity contribution >= 4 is 16.8 Å². The van der Waals surface area contributed by atoms with Crippen LogP contribution >= 0.6 is 0 Å². The molecule has 0 atom stereocenters. The first-order valence-electron chi connectivity index (χ1n) is 9.42. The highest BCUT2D eigenvalue weighted by atomic mass is 16.2. The van der Waals surface area contributed by atoms with Crippen LogP contribution in [0.15, 0.2) is 29.1 Å². The number of carbonyl (C=O) groups is 1. The van der Waals surface area contributed by atoms with E-state index in [-0.39, 0.29) is 23.4 Å². The van der Waals surface area contributed by atoms with E-state index in [1.807, 2.05) is 23.1 Å². The van der Waals surface area contributed by atoms with Crippen molar-refractivity contribution in [2.75, 3.05) is 0 Å². The fraction of sp³-hybridized carbons (Fsp3) is 0.550. The van der Waals surface area contributed by atoms with Crippen LogP contribution in [-0.2, 0) is 11.3 Å². The minimum Gasteiger partial charge on any atom is -0.332 e. The third-order valence-corrected chi connectivity index (χ3v) is 5.37. The maximum Gasteiger partial charge on any atom is 0.258 e. The predicted molar refractivity (Wildman–Crippen MR) is 99.2 cm³/mol. The topological polar surface area (TPSA) is 66.1 Å². The Kier molecular flexibility index (Phi) is 5.51. The van der Waals surface area contributed by atoms with Gasteiger partial charge in [-0.2, -0.15) is 0 Å². The summed E-state index contributed by atoms with van der Waals surface area (Å²) in [6, 6.07) is 7.60. The highest BCUT2D eigenvalue weighted by Gasteiger charge is 2.30. The number of fused-ring (bicyclic) bond motifs is 1. The first-order chi connectivity index (χ1) is 12.1. The molecule has 1 aliphatic rings. The van der Waals surface area contributed by atoms with Crippen LogP contribution in [0.1, 0.15) is 58.2 Å². The molecule has 1 aromatic heterocycles. The number of amides is 1. The molecule has 3 rings (SSSR count). The van der Waals surface area contributed by atoms with Crippen molar-refractivity contribution in [3.8, 4) is 0 Å². The monoisotopic (exact) mass is 341 g/mol. The number of rotatable bonds is 6. The van der Waals surface area contributed by atoms with Crippen LogP contribution in [0.3, 0.4) is 0 Å². The molecule has 0 radical (unpaired) electrons. The Morgan fingerprint density at radius 3 is 2.60 bits per heavy atom. The molecule has 0 bridgehead atoms. The summed E-state index contributed by atoms with van der Waals surface area (Å²) >= 11 is 0. The maximum atomic E-state index is 13.1. The van der Waals surface area contributed by atoms with Crippen molar-refractivity contribution in [2.45, 2.75) is 65.0 Å². The van der Waals surface area contributed by atoms with E-state index in [1.165, 1.54) is 12.8 Å². The lowest BCUT2D eigenvalue weighted by atomic mass is 10.0. The van der Waals surface area contributed by atoms with E-state index in [0.717, 1.165) is 25.7 Å². The van der Waals surface area contributed by atoms with Crippen molar-refractivity contribution in [1.82, 2.24) is 14.9 Å². The van der Waals surface area contributed by atoms with E-state index in [0.29, 0.717) is 23.3 Å². The third kappa shape index (κ3) is 3.75. The number of aromatic amines is 1. The molecule has 5 heteroatoms. The first-order valence-corrected chi connectivity index (χ1v) is 9.42. The SMILES string of the molecule is CCC(CC)C(=O)N(Cc1nc2ccccc2c(=O)[nH]1)C1CCCC1. The zero-order valence-corrected chi connectivity index (χ0v) is 15.1. The largest absolute Gasteiger partial charge is 0.332 e. The van der Waals surface area contributed by atoms with Gasteiger partial charge in [0, 0.05) is 12.0 Å². The molecule has 25 heavy (non-hydrogen) atoms. The van der Waals surface area contributed by atoms with Crippen LogP contribution < -0.4 is 5.56 Å². The Hall–Kier alpha value is -2.17. The van der Waals surface area contributed by atoms with E-state index in [9.17, 15) is 9.59 Å². The van der Waals surface area contributed by atoms with Gasteiger partial charge in [-0.1, -0.05) is 38.8 Å². The fourth-order valence-electron chi connectivity index (χ4n) is 3.85. The fourth-order valence-corrected chi connectivity index (χ4v) is 3.85. The van der Waals surface area contributed by atoms with E-state index < -0.39 is 0 Å². The lowest BCUT2D eigenvalue weighted by Gasteiger charge is -2.31. The molecule has 1 N–H and O–H groups in total. The second-order valence-corrected chi connectivity index (χ2v) is 6.95. The quantitative estimate of drug-likeness (QED) is 0.872. The second-order valence-electron chi connectivity index (χ2n) is 6.95. The van der Waals surface area contributed by atoms with Crippen LogP contribution in [0.5, 0.6) is 0 Å². The van der Waals surface area contributed by atoms with Crippen LogP contribution in [0.4, 0.5) is 0 Å². The number of para-hydroxylation sites is 1. The van der Waals surface area contributed by atoms with Crippen LogP contribution in [-0.4, -0.2) is 26.8 Å². The summed E-state index contributed by atoms with van der Waals surface area (Å²) in [4.78, 5) is 34.8. The van der Waals surface area contributed by atoms with Gasteiger partial charge in [-0.25, -0.2) is 4.98 Å². The molecule has 1 aromatic carbocycles. The summed E-state index contributed by atoms with van der Waals surface area (Å²) in [5.41, 5.74) is 0.546. The highest BCUT2D eigenvalue weighted by Crippen LogP contribution is 2.27. The number of H-pyrrole nitrogens is 1. The summed E-state index contributed by atoms with van der Waals surface area (Å²) in [5, 5.41) is 0.588. The zero-order chi connectivity index (χ0) is 17.8. The van der Waals surface area contributed by atoms with Gasteiger partial charge in [0.15, 0.2) is 0 Å².